The molecule has 2 heterocycles. The molecule has 2 aliphatic rings. The van der Waals surface area contributed by atoms with Crippen molar-refractivity contribution in [2.45, 2.75) is 12.5 Å². The lowest BCUT2D eigenvalue weighted by Crippen LogP contribution is -2.53. The van der Waals surface area contributed by atoms with Crippen LogP contribution in [0.15, 0.2) is 59.1 Å². The molecule has 2 aromatic carbocycles. The molecule has 2 aliphatic heterocycles. The summed E-state index contributed by atoms with van der Waals surface area (Å²) in [4.78, 5) is 31.2. The fraction of sp³-hybridized carbons (Fsp3) is 0.364. The van der Waals surface area contributed by atoms with Gasteiger partial charge in [-0.2, -0.15) is 0 Å². The van der Waals surface area contributed by atoms with Crippen molar-refractivity contribution in [3.05, 3.63) is 59.1 Å². The molecule has 152 valence electrons. The number of benzene rings is 2. The molecule has 2 aromatic rings. The van der Waals surface area contributed by atoms with Gasteiger partial charge in [0.2, 0.25) is 5.91 Å². The highest BCUT2D eigenvalue weighted by molar-refractivity contribution is 9.10. The largest absolute Gasteiger partial charge is 0.492 e. The van der Waals surface area contributed by atoms with Crippen molar-refractivity contribution in [1.82, 2.24) is 9.80 Å². The van der Waals surface area contributed by atoms with Gasteiger partial charge in [-0.1, -0.05) is 34.1 Å². The number of carbonyl (C=O) groups is 2. The number of anilines is 1. The van der Waals surface area contributed by atoms with E-state index in [0.29, 0.717) is 12.3 Å². The van der Waals surface area contributed by atoms with Crippen LogP contribution in [0.3, 0.4) is 0 Å². The average molecular weight is 458 g/mol. The Kier molecular flexibility index (Phi) is 6.28. The van der Waals surface area contributed by atoms with Crippen molar-refractivity contribution in [3.63, 3.8) is 0 Å². The average Bonchev–Trinajstić information content (AvgIpc) is 3.04. The monoisotopic (exact) mass is 457 g/mol. The number of rotatable bonds is 6. The molecule has 2 fully saturated rings. The zero-order valence-corrected chi connectivity index (χ0v) is 17.8. The molecule has 4 rings (SSSR count). The Labute approximate surface area is 179 Å². The third-order valence-corrected chi connectivity index (χ3v) is 6.00. The lowest BCUT2D eigenvalue weighted by Gasteiger charge is -2.36. The smallest absolute Gasteiger partial charge is 0.251 e. The Morgan fingerprint density at radius 3 is 2.31 bits per heavy atom. The van der Waals surface area contributed by atoms with Gasteiger partial charge in [0, 0.05) is 37.2 Å². The number of ether oxygens (including phenoxy) is 1. The zero-order chi connectivity index (χ0) is 20.2. The summed E-state index contributed by atoms with van der Waals surface area (Å²) in [5, 5.41) is 0. The van der Waals surface area contributed by atoms with Gasteiger partial charge in [0.25, 0.3) is 5.91 Å². The van der Waals surface area contributed by atoms with Gasteiger partial charge in [-0.05, 0) is 36.4 Å². The second kappa shape index (κ2) is 9.07. The van der Waals surface area contributed by atoms with E-state index in [0.717, 1.165) is 42.9 Å². The topological polar surface area (TPSA) is 53.1 Å². The Morgan fingerprint density at radius 2 is 1.62 bits per heavy atom. The Morgan fingerprint density at radius 1 is 0.931 bits per heavy atom. The molecule has 0 spiro atoms. The quantitative estimate of drug-likeness (QED) is 0.624. The minimum absolute atomic E-state index is 0.113. The Bertz CT molecular complexity index is 851. The molecule has 2 saturated heterocycles. The standard InChI is InChI=1S/C22H24BrN3O3/c23-17-6-8-18(9-7-17)26-21(27)16-20(22(26)28)25-12-10-24(11-13-25)14-15-29-19-4-2-1-3-5-19/h1-9,20H,10-16H2/t20-/m0/s1. The maximum absolute atomic E-state index is 12.9. The molecule has 0 radical (unpaired) electrons. The van der Waals surface area contributed by atoms with Crippen molar-refractivity contribution in [2.24, 2.45) is 0 Å². The third kappa shape index (κ3) is 4.69. The van der Waals surface area contributed by atoms with Crippen LogP contribution < -0.4 is 9.64 Å². The number of nitrogens with zero attached hydrogens (tertiary/aromatic N) is 3. The van der Waals surface area contributed by atoms with Crippen LogP contribution >= 0.6 is 15.9 Å². The third-order valence-electron chi connectivity index (χ3n) is 5.47. The van der Waals surface area contributed by atoms with Crippen LogP contribution in [0, 0.1) is 0 Å². The van der Waals surface area contributed by atoms with Gasteiger partial charge in [0.1, 0.15) is 12.4 Å². The molecule has 0 unspecified atom stereocenters. The van der Waals surface area contributed by atoms with Gasteiger partial charge >= 0.3 is 0 Å². The normalized spacial score (nSPS) is 21.0. The number of imide groups is 1. The van der Waals surface area contributed by atoms with Gasteiger partial charge in [0.15, 0.2) is 0 Å². The van der Waals surface area contributed by atoms with Gasteiger partial charge in [-0.15, -0.1) is 0 Å². The number of carbonyl (C=O) groups excluding carboxylic acids is 2. The lowest BCUT2D eigenvalue weighted by atomic mass is 10.1. The van der Waals surface area contributed by atoms with E-state index in [2.05, 4.69) is 25.7 Å². The van der Waals surface area contributed by atoms with E-state index in [1.807, 2.05) is 42.5 Å². The molecule has 0 bridgehead atoms. The second-order valence-corrected chi connectivity index (χ2v) is 8.22. The first-order valence-electron chi connectivity index (χ1n) is 9.88. The maximum Gasteiger partial charge on any atom is 0.251 e. The molecule has 0 aromatic heterocycles. The highest BCUT2D eigenvalue weighted by atomic mass is 79.9. The van der Waals surface area contributed by atoms with Crippen LogP contribution in [0.1, 0.15) is 6.42 Å². The molecule has 0 aliphatic carbocycles. The molecule has 29 heavy (non-hydrogen) atoms. The number of amides is 2. The highest BCUT2D eigenvalue weighted by Crippen LogP contribution is 2.27. The second-order valence-electron chi connectivity index (χ2n) is 7.30. The van der Waals surface area contributed by atoms with E-state index in [4.69, 9.17) is 4.74 Å². The van der Waals surface area contributed by atoms with E-state index >= 15 is 0 Å². The van der Waals surface area contributed by atoms with Gasteiger partial charge < -0.3 is 4.74 Å². The first-order valence-corrected chi connectivity index (χ1v) is 10.7. The molecule has 6 nitrogen and oxygen atoms in total. The van der Waals surface area contributed by atoms with E-state index in [1.54, 1.807) is 12.1 Å². The summed E-state index contributed by atoms with van der Waals surface area (Å²) in [7, 11) is 0. The SMILES string of the molecule is O=C1C[C@H](N2CCN(CCOc3ccccc3)CC2)C(=O)N1c1ccc(Br)cc1. The Hall–Kier alpha value is -2.22. The van der Waals surface area contributed by atoms with Gasteiger partial charge in [-0.25, -0.2) is 4.90 Å². The molecular weight excluding hydrogens is 434 g/mol. The minimum Gasteiger partial charge on any atom is -0.492 e. The van der Waals surface area contributed by atoms with Gasteiger partial charge in [0.05, 0.1) is 18.2 Å². The van der Waals surface area contributed by atoms with E-state index in [1.165, 1.54) is 4.90 Å². The van der Waals surface area contributed by atoms with Crippen molar-refractivity contribution in [3.8, 4) is 5.75 Å². The van der Waals surface area contributed by atoms with Crippen LogP contribution in [-0.4, -0.2) is 67.0 Å². The van der Waals surface area contributed by atoms with Crippen molar-refractivity contribution in [2.75, 3.05) is 44.2 Å². The fourth-order valence-electron chi connectivity index (χ4n) is 3.87. The summed E-state index contributed by atoms with van der Waals surface area (Å²) in [6.07, 6.45) is 0.256. The zero-order valence-electron chi connectivity index (χ0n) is 16.2. The summed E-state index contributed by atoms with van der Waals surface area (Å²) in [5.74, 6) is 0.647. The number of halogens is 1. The van der Waals surface area contributed by atoms with Crippen LogP contribution in [0.2, 0.25) is 0 Å². The molecular formula is C22H24BrN3O3. The summed E-state index contributed by atoms with van der Waals surface area (Å²) in [6, 6.07) is 16.7. The van der Waals surface area contributed by atoms with Crippen LogP contribution in [-0.2, 0) is 9.59 Å². The van der Waals surface area contributed by atoms with Crippen molar-refractivity contribution >= 4 is 33.4 Å². The lowest BCUT2D eigenvalue weighted by molar-refractivity contribution is -0.123. The molecule has 0 saturated carbocycles. The number of piperazine rings is 1. The van der Waals surface area contributed by atoms with Crippen molar-refractivity contribution in [1.29, 1.82) is 0 Å². The van der Waals surface area contributed by atoms with Gasteiger partial charge in [-0.3, -0.25) is 19.4 Å². The van der Waals surface area contributed by atoms with Crippen LogP contribution in [0.25, 0.3) is 0 Å². The first kappa shape index (κ1) is 20.1. The summed E-state index contributed by atoms with van der Waals surface area (Å²) >= 11 is 3.39. The van der Waals surface area contributed by atoms with Crippen LogP contribution in [0.4, 0.5) is 5.69 Å². The predicted molar refractivity (Wildman–Crippen MR) is 115 cm³/mol. The Balaban J connectivity index is 1.28. The molecule has 2 amide bonds. The fourth-order valence-corrected chi connectivity index (χ4v) is 4.13. The number of hydrogen-bond donors (Lipinski definition) is 0. The predicted octanol–water partition coefficient (Wildman–Crippen LogP) is 2.78. The molecule has 0 N–H and O–H groups in total. The number of hydrogen-bond acceptors (Lipinski definition) is 5. The first-order chi connectivity index (χ1) is 14.1. The molecule has 7 heteroatoms. The van der Waals surface area contributed by atoms with Crippen LogP contribution in [0.5, 0.6) is 5.75 Å². The summed E-state index contributed by atoms with van der Waals surface area (Å²) in [6.45, 7) is 4.79. The summed E-state index contributed by atoms with van der Waals surface area (Å²) in [5.41, 5.74) is 0.641. The summed E-state index contributed by atoms with van der Waals surface area (Å²) < 4.78 is 6.69. The maximum atomic E-state index is 12.9. The van der Waals surface area contributed by atoms with E-state index in [-0.39, 0.29) is 24.3 Å². The van der Waals surface area contributed by atoms with E-state index in [9.17, 15) is 9.59 Å². The number of para-hydroxylation sites is 1. The van der Waals surface area contributed by atoms with E-state index < -0.39 is 0 Å². The minimum atomic E-state index is -0.353. The van der Waals surface area contributed by atoms with Crippen molar-refractivity contribution < 1.29 is 14.3 Å². The highest BCUT2D eigenvalue weighted by Gasteiger charge is 2.43. The molecule has 1 atom stereocenters.